The van der Waals surface area contributed by atoms with Crippen LogP contribution in [0.15, 0.2) is 53.5 Å². The smallest absolute Gasteiger partial charge is 0.387 e. The van der Waals surface area contributed by atoms with Gasteiger partial charge in [0.05, 0.1) is 6.54 Å². The van der Waals surface area contributed by atoms with Gasteiger partial charge in [-0.05, 0) is 35.2 Å². The number of nitrogens with zero attached hydrogens (tertiary/aromatic N) is 3. The molecular weight excluding hydrogens is 517 g/mol. The Hall–Kier alpha value is -2.43. The third-order valence-electron chi connectivity index (χ3n) is 5.02. The molecule has 0 spiro atoms. The van der Waals surface area contributed by atoms with E-state index in [-0.39, 0.29) is 42.2 Å². The Morgan fingerprint density at radius 3 is 2.52 bits per heavy atom. The lowest BCUT2D eigenvalue weighted by Gasteiger charge is -2.29. The molecular formula is C22H27F2IN4O2. The highest BCUT2D eigenvalue weighted by molar-refractivity contribution is 14.0. The van der Waals surface area contributed by atoms with Crippen molar-refractivity contribution in [3.63, 3.8) is 0 Å². The monoisotopic (exact) mass is 544 g/mol. The molecule has 0 bridgehead atoms. The van der Waals surface area contributed by atoms with Crippen molar-refractivity contribution in [2.24, 2.45) is 4.99 Å². The van der Waals surface area contributed by atoms with Gasteiger partial charge < -0.3 is 19.9 Å². The summed E-state index contributed by atoms with van der Waals surface area (Å²) < 4.78 is 28.9. The van der Waals surface area contributed by atoms with E-state index < -0.39 is 6.61 Å². The summed E-state index contributed by atoms with van der Waals surface area (Å²) >= 11 is 0. The Kier molecular flexibility index (Phi) is 9.47. The molecule has 6 nitrogen and oxygen atoms in total. The zero-order chi connectivity index (χ0) is 21.5. The number of hydrogen-bond acceptors (Lipinski definition) is 3. The van der Waals surface area contributed by atoms with Crippen LogP contribution in [0.3, 0.4) is 0 Å². The van der Waals surface area contributed by atoms with Crippen molar-refractivity contribution in [2.75, 3.05) is 27.2 Å². The summed E-state index contributed by atoms with van der Waals surface area (Å²) in [6.45, 7) is -0.857. The molecule has 31 heavy (non-hydrogen) atoms. The van der Waals surface area contributed by atoms with Crippen LogP contribution in [0.1, 0.15) is 16.7 Å². The molecule has 1 amide bonds. The van der Waals surface area contributed by atoms with Gasteiger partial charge in [-0.3, -0.25) is 9.79 Å². The van der Waals surface area contributed by atoms with Crippen molar-refractivity contribution in [1.82, 2.24) is 15.1 Å². The molecule has 168 valence electrons. The maximum absolute atomic E-state index is 12.6. The highest BCUT2D eigenvalue weighted by atomic mass is 127. The minimum absolute atomic E-state index is 0. The number of amides is 1. The molecule has 9 heteroatoms. The summed E-state index contributed by atoms with van der Waals surface area (Å²) in [6, 6.07) is 14.6. The Balaban J connectivity index is 0.00000341. The summed E-state index contributed by atoms with van der Waals surface area (Å²) in [5, 5.41) is 3.11. The van der Waals surface area contributed by atoms with Gasteiger partial charge in [0.15, 0.2) is 5.96 Å². The number of halogens is 3. The number of rotatable bonds is 6. The van der Waals surface area contributed by atoms with Crippen LogP contribution in [-0.4, -0.2) is 55.5 Å². The summed E-state index contributed by atoms with van der Waals surface area (Å²) in [6.07, 6.45) is 0.863. The van der Waals surface area contributed by atoms with Gasteiger partial charge in [-0.1, -0.05) is 36.4 Å². The first-order chi connectivity index (χ1) is 14.5. The molecule has 0 radical (unpaired) electrons. The van der Waals surface area contributed by atoms with E-state index in [1.807, 2.05) is 29.0 Å². The summed E-state index contributed by atoms with van der Waals surface area (Å²) in [5.41, 5.74) is 3.40. The zero-order valence-corrected chi connectivity index (χ0v) is 19.9. The molecule has 0 aromatic heterocycles. The number of carbonyl (C=O) groups excluding carboxylic acids is 1. The van der Waals surface area contributed by atoms with Crippen LogP contribution in [-0.2, 0) is 24.3 Å². The van der Waals surface area contributed by atoms with Crippen LogP contribution in [0.25, 0.3) is 0 Å². The van der Waals surface area contributed by atoms with Gasteiger partial charge in [0.2, 0.25) is 5.91 Å². The Labute approximate surface area is 198 Å². The lowest BCUT2D eigenvalue weighted by Crippen LogP contribution is -2.46. The van der Waals surface area contributed by atoms with Crippen LogP contribution < -0.4 is 10.1 Å². The van der Waals surface area contributed by atoms with Gasteiger partial charge >= 0.3 is 6.61 Å². The number of alkyl halides is 2. The number of hydrogen-bond donors (Lipinski definition) is 1. The molecule has 0 fully saturated rings. The molecule has 0 saturated carbocycles. The molecule has 1 aliphatic heterocycles. The molecule has 1 heterocycles. The number of carbonyl (C=O) groups is 1. The Morgan fingerprint density at radius 1 is 1.19 bits per heavy atom. The van der Waals surface area contributed by atoms with Crippen LogP contribution in [0.4, 0.5) is 8.78 Å². The summed E-state index contributed by atoms with van der Waals surface area (Å²) in [7, 11) is 3.50. The number of guanidine groups is 1. The highest BCUT2D eigenvalue weighted by Gasteiger charge is 2.20. The quantitative estimate of drug-likeness (QED) is 0.344. The number of fused-ring (bicyclic) bond motifs is 1. The van der Waals surface area contributed by atoms with Crippen molar-refractivity contribution in [3.05, 3.63) is 65.2 Å². The van der Waals surface area contributed by atoms with Crippen LogP contribution >= 0.6 is 24.0 Å². The van der Waals surface area contributed by atoms with Crippen molar-refractivity contribution in [1.29, 1.82) is 0 Å². The molecule has 0 atom stereocenters. The lowest BCUT2D eigenvalue weighted by atomic mass is 10.00. The number of aliphatic imine (C=N–C) groups is 1. The molecule has 0 saturated heterocycles. The maximum Gasteiger partial charge on any atom is 0.387 e. The first kappa shape index (κ1) is 24.8. The third-order valence-corrected chi connectivity index (χ3v) is 5.02. The van der Waals surface area contributed by atoms with Gasteiger partial charge in [0.1, 0.15) is 5.75 Å². The third kappa shape index (κ3) is 7.05. The largest absolute Gasteiger partial charge is 0.435 e. The normalized spacial score (nSPS) is 13.3. The van der Waals surface area contributed by atoms with E-state index in [1.165, 1.54) is 23.3 Å². The standard InChI is InChI=1S/C22H26F2N4O2.HI/c1-25-22(27(2)14-16-7-9-19(10-8-16)30-21(23)24)26-13-20(29)28-12-11-17-5-3-4-6-18(17)15-28;/h3-10,21H,11-15H2,1-2H3,(H,25,26);1H. The topological polar surface area (TPSA) is 57.2 Å². The summed E-state index contributed by atoms with van der Waals surface area (Å²) in [4.78, 5) is 20.6. The Bertz CT molecular complexity index is 893. The summed E-state index contributed by atoms with van der Waals surface area (Å²) in [5.74, 6) is 0.717. The molecule has 3 rings (SSSR count). The number of benzene rings is 2. The molecule has 0 aliphatic carbocycles. The second-order valence-corrected chi connectivity index (χ2v) is 7.11. The predicted molar refractivity (Wildman–Crippen MR) is 127 cm³/mol. The number of ether oxygens (including phenoxy) is 1. The lowest BCUT2D eigenvalue weighted by molar-refractivity contribution is -0.130. The molecule has 0 unspecified atom stereocenters. The zero-order valence-electron chi connectivity index (χ0n) is 17.6. The second-order valence-electron chi connectivity index (χ2n) is 7.11. The van der Waals surface area contributed by atoms with Crippen LogP contribution in [0.5, 0.6) is 5.75 Å². The van der Waals surface area contributed by atoms with Gasteiger partial charge in [-0.25, -0.2) is 0 Å². The highest BCUT2D eigenvalue weighted by Crippen LogP contribution is 2.18. The fraction of sp³-hybridized carbons (Fsp3) is 0.364. The molecule has 2 aromatic rings. The van der Waals surface area contributed by atoms with E-state index in [0.717, 1.165) is 12.0 Å². The van der Waals surface area contributed by atoms with Crippen LogP contribution in [0, 0.1) is 0 Å². The Morgan fingerprint density at radius 2 is 1.87 bits per heavy atom. The average Bonchev–Trinajstić information content (AvgIpc) is 2.74. The van der Waals surface area contributed by atoms with E-state index in [2.05, 4.69) is 27.2 Å². The van der Waals surface area contributed by atoms with E-state index in [9.17, 15) is 13.6 Å². The molecule has 1 N–H and O–H groups in total. The average molecular weight is 544 g/mol. The fourth-order valence-electron chi connectivity index (χ4n) is 3.48. The minimum Gasteiger partial charge on any atom is -0.435 e. The molecule has 2 aromatic carbocycles. The van der Waals surface area contributed by atoms with Crippen molar-refractivity contribution in [3.8, 4) is 5.75 Å². The minimum atomic E-state index is -2.84. The first-order valence-corrected chi connectivity index (χ1v) is 9.76. The number of nitrogens with one attached hydrogen (secondary N) is 1. The van der Waals surface area contributed by atoms with Crippen molar-refractivity contribution in [2.45, 2.75) is 26.1 Å². The van der Waals surface area contributed by atoms with Gasteiger partial charge in [0, 0.05) is 33.7 Å². The van der Waals surface area contributed by atoms with E-state index >= 15 is 0 Å². The van der Waals surface area contributed by atoms with E-state index in [4.69, 9.17) is 0 Å². The SMILES string of the molecule is CN=C(NCC(=O)N1CCc2ccccc2C1)N(C)Cc1ccc(OC(F)F)cc1.I. The van der Waals surface area contributed by atoms with Gasteiger partial charge in [0.25, 0.3) is 0 Å². The van der Waals surface area contributed by atoms with Gasteiger partial charge in [-0.2, -0.15) is 8.78 Å². The fourth-order valence-corrected chi connectivity index (χ4v) is 3.48. The van der Waals surface area contributed by atoms with Crippen molar-refractivity contribution < 1.29 is 18.3 Å². The van der Waals surface area contributed by atoms with Crippen LogP contribution in [0.2, 0.25) is 0 Å². The maximum atomic E-state index is 12.6. The second kappa shape index (κ2) is 11.8. The molecule has 1 aliphatic rings. The van der Waals surface area contributed by atoms with Crippen molar-refractivity contribution >= 4 is 35.8 Å². The van der Waals surface area contributed by atoms with E-state index in [0.29, 0.717) is 25.6 Å². The first-order valence-electron chi connectivity index (χ1n) is 9.76. The van der Waals surface area contributed by atoms with E-state index in [1.54, 1.807) is 19.2 Å². The van der Waals surface area contributed by atoms with Gasteiger partial charge in [-0.15, -0.1) is 24.0 Å². The predicted octanol–water partition coefficient (Wildman–Crippen LogP) is 3.50.